The lowest BCUT2D eigenvalue weighted by Crippen LogP contribution is -2.54. The highest BCUT2D eigenvalue weighted by atomic mass is 16.2. The summed E-state index contributed by atoms with van der Waals surface area (Å²) in [5, 5.41) is 9.03. The first kappa shape index (κ1) is 25.2. The van der Waals surface area contributed by atoms with Crippen molar-refractivity contribution < 1.29 is 19.2 Å². The Morgan fingerprint density at radius 2 is 1.65 bits per heavy atom. The number of hydrogen-bond donors (Lipinski definition) is 2. The molecule has 1 atom stereocenters. The number of fused-ring (bicyclic) bond motifs is 1. The van der Waals surface area contributed by atoms with Crippen LogP contribution < -0.4 is 10.6 Å². The molecule has 2 heterocycles. The lowest BCUT2D eigenvalue weighted by Gasteiger charge is -2.27. The molecule has 3 rings (SSSR count). The Labute approximate surface area is 199 Å². The standard InChI is InChI=1S/C24H32N6O4/c25-29-27-16-9-7-5-3-1-2-4-6-8-15-26-18-12-10-11-17-21(18)24(34)30(23(17)33)19-13-14-20(31)28-22(19)32/h10-12,19,26H,1-9,13-16H2,(H,28,31,32). The van der Waals surface area contributed by atoms with E-state index in [4.69, 9.17) is 5.53 Å². The number of nitrogens with zero attached hydrogens (tertiary/aromatic N) is 4. The van der Waals surface area contributed by atoms with E-state index in [-0.39, 0.29) is 18.7 Å². The summed E-state index contributed by atoms with van der Waals surface area (Å²) in [6, 6.07) is 4.15. The summed E-state index contributed by atoms with van der Waals surface area (Å²) in [6.07, 6.45) is 10.2. The fourth-order valence-corrected chi connectivity index (χ4v) is 4.47. The number of unbranched alkanes of at least 4 members (excludes halogenated alkanes) is 8. The van der Waals surface area contributed by atoms with Gasteiger partial charge in [0.2, 0.25) is 11.8 Å². The minimum Gasteiger partial charge on any atom is -0.384 e. The van der Waals surface area contributed by atoms with Gasteiger partial charge in [-0.2, -0.15) is 0 Å². The quantitative estimate of drug-likeness (QED) is 0.137. The Balaban J connectivity index is 1.40. The van der Waals surface area contributed by atoms with Gasteiger partial charge in [-0.05, 0) is 36.9 Å². The van der Waals surface area contributed by atoms with Gasteiger partial charge in [0.15, 0.2) is 0 Å². The largest absolute Gasteiger partial charge is 0.384 e. The van der Waals surface area contributed by atoms with Crippen molar-refractivity contribution in [3.05, 3.63) is 39.8 Å². The highest BCUT2D eigenvalue weighted by Crippen LogP contribution is 2.32. The van der Waals surface area contributed by atoms with Crippen molar-refractivity contribution in [1.82, 2.24) is 10.2 Å². The maximum atomic E-state index is 13.1. The van der Waals surface area contributed by atoms with Crippen molar-refractivity contribution >= 4 is 29.3 Å². The molecular formula is C24H32N6O4. The third kappa shape index (κ3) is 6.35. The van der Waals surface area contributed by atoms with Crippen LogP contribution in [0.3, 0.4) is 0 Å². The van der Waals surface area contributed by atoms with Crippen LogP contribution in [0.1, 0.15) is 91.3 Å². The fraction of sp³-hybridized carbons (Fsp3) is 0.583. The van der Waals surface area contributed by atoms with Gasteiger partial charge in [-0.15, -0.1) is 0 Å². The molecule has 0 aliphatic carbocycles. The Bertz CT molecular complexity index is 972. The Hall–Kier alpha value is -3.39. The minimum atomic E-state index is -0.955. The summed E-state index contributed by atoms with van der Waals surface area (Å²) in [4.78, 5) is 53.3. The van der Waals surface area contributed by atoms with Gasteiger partial charge in [0.05, 0.1) is 11.1 Å². The first-order valence-electron chi connectivity index (χ1n) is 12.1. The summed E-state index contributed by atoms with van der Waals surface area (Å²) in [5.74, 6) is -1.97. The number of carbonyl (C=O) groups excluding carboxylic acids is 4. The molecule has 4 amide bonds. The second kappa shape index (κ2) is 12.7. The number of rotatable bonds is 14. The van der Waals surface area contributed by atoms with E-state index in [1.807, 2.05) is 0 Å². The maximum Gasteiger partial charge on any atom is 0.264 e. The van der Waals surface area contributed by atoms with Gasteiger partial charge in [-0.1, -0.05) is 56.1 Å². The van der Waals surface area contributed by atoms with Gasteiger partial charge in [0.25, 0.3) is 11.8 Å². The van der Waals surface area contributed by atoms with E-state index in [1.54, 1.807) is 18.2 Å². The monoisotopic (exact) mass is 468 g/mol. The number of benzene rings is 1. The van der Waals surface area contributed by atoms with Gasteiger partial charge < -0.3 is 5.32 Å². The number of anilines is 1. The molecule has 2 N–H and O–H groups in total. The molecule has 2 aliphatic rings. The third-order valence-electron chi connectivity index (χ3n) is 6.28. The smallest absolute Gasteiger partial charge is 0.264 e. The number of hydrogen-bond acceptors (Lipinski definition) is 6. The van der Waals surface area contributed by atoms with Crippen molar-refractivity contribution in [2.75, 3.05) is 18.4 Å². The molecule has 182 valence electrons. The highest BCUT2D eigenvalue weighted by molar-refractivity contribution is 6.25. The number of nitrogens with one attached hydrogen (secondary N) is 2. The number of carbonyl (C=O) groups is 4. The summed E-state index contributed by atoms with van der Waals surface area (Å²) >= 11 is 0. The van der Waals surface area contributed by atoms with E-state index < -0.39 is 23.8 Å². The lowest BCUT2D eigenvalue weighted by molar-refractivity contribution is -0.136. The average molecular weight is 469 g/mol. The van der Waals surface area contributed by atoms with Crippen molar-refractivity contribution in [3.8, 4) is 0 Å². The molecule has 1 aromatic carbocycles. The summed E-state index contributed by atoms with van der Waals surface area (Å²) in [5.41, 5.74) is 9.43. The van der Waals surface area contributed by atoms with Crippen molar-refractivity contribution in [1.29, 1.82) is 0 Å². The van der Waals surface area contributed by atoms with Crippen LogP contribution in [0.5, 0.6) is 0 Å². The topological polar surface area (TPSA) is 144 Å². The van der Waals surface area contributed by atoms with Gasteiger partial charge in [0, 0.05) is 30.1 Å². The Kier molecular flexibility index (Phi) is 9.46. The molecule has 2 aliphatic heterocycles. The summed E-state index contributed by atoms with van der Waals surface area (Å²) in [6.45, 7) is 1.28. The molecule has 10 heteroatoms. The zero-order chi connectivity index (χ0) is 24.3. The normalized spacial score (nSPS) is 17.4. The molecular weight excluding hydrogens is 436 g/mol. The molecule has 0 saturated carbocycles. The number of imide groups is 2. The van der Waals surface area contributed by atoms with E-state index in [1.165, 1.54) is 25.7 Å². The lowest BCUT2D eigenvalue weighted by atomic mass is 10.0. The SMILES string of the molecule is [N-]=[N+]=NCCCCCCCCCCCNc1cccc2c1C(=O)N(C1CCC(=O)NC1=O)C2=O. The van der Waals surface area contributed by atoms with Crippen molar-refractivity contribution in [3.63, 3.8) is 0 Å². The van der Waals surface area contributed by atoms with Crippen LogP contribution in [0, 0.1) is 0 Å². The molecule has 1 aromatic rings. The van der Waals surface area contributed by atoms with E-state index in [9.17, 15) is 19.2 Å². The second-order valence-electron chi connectivity index (χ2n) is 8.74. The van der Waals surface area contributed by atoms with Crippen molar-refractivity contribution in [2.45, 2.75) is 76.7 Å². The average Bonchev–Trinajstić information content (AvgIpc) is 3.08. The highest BCUT2D eigenvalue weighted by Gasteiger charge is 2.45. The van der Waals surface area contributed by atoms with E-state index in [2.05, 4.69) is 20.7 Å². The van der Waals surface area contributed by atoms with Crippen LogP contribution in [0.15, 0.2) is 23.3 Å². The van der Waals surface area contributed by atoms with E-state index >= 15 is 0 Å². The van der Waals surface area contributed by atoms with Crippen LogP contribution in [0.25, 0.3) is 10.4 Å². The number of piperidine rings is 1. The Morgan fingerprint density at radius 3 is 2.32 bits per heavy atom. The Morgan fingerprint density at radius 1 is 0.971 bits per heavy atom. The molecule has 1 fully saturated rings. The van der Waals surface area contributed by atoms with Gasteiger partial charge in [-0.25, -0.2) is 0 Å². The second-order valence-corrected chi connectivity index (χ2v) is 8.74. The van der Waals surface area contributed by atoms with E-state index in [0.717, 1.165) is 37.0 Å². The molecule has 0 spiro atoms. The first-order chi connectivity index (χ1) is 16.5. The number of amides is 4. The van der Waals surface area contributed by atoms with Gasteiger partial charge in [-0.3, -0.25) is 29.4 Å². The molecule has 1 saturated heterocycles. The maximum absolute atomic E-state index is 13.1. The van der Waals surface area contributed by atoms with Crippen LogP contribution in [-0.2, 0) is 9.59 Å². The predicted octanol–water partition coefficient (Wildman–Crippen LogP) is 4.32. The minimum absolute atomic E-state index is 0.104. The zero-order valence-corrected chi connectivity index (χ0v) is 19.4. The van der Waals surface area contributed by atoms with Crippen LogP contribution in [-0.4, -0.2) is 47.7 Å². The van der Waals surface area contributed by atoms with Gasteiger partial charge in [0.1, 0.15) is 6.04 Å². The molecule has 10 nitrogen and oxygen atoms in total. The predicted molar refractivity (Wildman–Crippen MR) is 127 cm³/mol. The van der Waals surface area contributed by atoms with Crippen LogP contribution in [0.2, 0.25) is 0 Å². The summed E-state index contributed by atoms with van der Waals surface area (Å²) in [7, 11) is 0. The van der Waals surface area contributed by atoms with Crippen LogP contribution >= 0.6 is 0 Å². The molecule has 0 radical (unpaired) electrons. The van der Waals surface area contributed by atoms with Crippen LogP contribution in [0.4, 0.5) is 5.69 Å². The molecule has 34 heavy (non-hydrogen) atoms. The van der Waals surface area contributed by atoms with Crippen molar-refractivity contribution in [2.24, 2.45) is 5.11 Å². The third-order valence-corrected chi connectivity index (χ3v) is 6.28. The fourth-order valence-electron chi connectivity index (χ4n) is 4.47. The number of azide groups is 1. The molecule has 0 bridgehead atoms. The zero-order valence-electron chi connectivity index (χ0n) is 19.4. The van der Waals surface area contributed by atoms with E-state index in [0.29, 0.717) is 29.9 Å². The first-order valence-corrected chi connectivity index (χ1v) is 12.1. The summed E-state index contributed by atoms with van der Waals surface area (Å²) < 4.78 is 0. The molecule has 1 unspecified atom stereocenters. The van der Waals surface area contributed by atoms with Gasteiger partial charge >= 0.3 is 0 Å². The molecule has 0 aromatic heterocycles.